The molecule has 0 rings (SSSR count). The summed E-state index contributed by atoms with van der Waals surface area (Å²) >= 11 is 2.10. The van der Waals surface area contributed by atoms with Gasteiger partial charge in [0.05, 0.1) is 6.10 Å². The molecule has 0 fully saturated rings. The van der Waals surface area contributed by atoms with Crippen molar-refractivity contribution in [2.45, 2.75) is 25.9 Å². The van der Waals surface area contributed by atoms with Gasteiger partial charge in [0.15, 0.2) is 0 Å². The summed E-state index contributed by atoms with van der Waals surface area (Å²) in [5.74, 6) is 0. The molecule has 0 spiro atoms. The minimum atomic E-state index is -0.306. The van der Waals surface area contributed by atoms with Crippen molar-refractivity contribution in [3.05, 3.63) is 22.3 Å². The number of halogens is 1. The van der Waals surface area contributed by atoms with Crippen LogP contribution in [0.2, 0.25) is 0 Å². The fraction of sp³-hybridized carbons (Fsp3) is 0.500. The third-order valence-electron chi connectivity index (χ3n) is 1.07. The number of allylic oxidation sites excluding steroid dienone is 1. The lowest BCUT2D eigenvalue weighted by Gasteiger charge is -1.97. The van der Waals surface area contributed by atoms with E-state index in [1.807, 2.05) is 10.2 Å². The minimum Gasteiger partial charge on any atom is -0.389 e. The van der Waals surface area contributed by atoms with Gasteiger partial charge < -0.3 is 5.11 Å². The van der Waals surface area contributed by atoms with E-state index in [9.17, 15) is 0 Å². The van der Waals surface area contributed by atoms with Crippen molar-refractivity contribution < 1.29 is 5.11 Å². The molecule has 0 amide bonds. The first-order chi connectivity index (χ1) is 4.81. The molecule has 0 saturated carbocycles. The number of aliphatic hydroxyl groups excluding tert-OH is 1. The zero-order valence-corrected chi connectivity index (χ0v) is 8.28. The van der Waals surface area contributed by atoms with Crippen LogP contribution in [-0.2, 0) is 0 Å². The molecule has 0 aliphatic carbocycles. The van der Waals surface area contributed by atoms with Gasteiger partial charge >= 0.3 is 0 Å². The van der Waals surface area contributed by atoms with Crippen LogP contribution in [0.5, 0.6) is 0 Å². The van der Waals surface area contributed by atoms with Crippen molar-refractivity contribution in [2.75, 3.05) is 0 Å². The average Bonchev–Trinajstić information content (AvgIpc) is 1.89. The van der Waals surface area contributed by atoms with E-state index in [2.05, 4.69) is 35.6 Å². The molecular weight excluding hydrogens is 239 g/mol. The molecule has 0 aromatic carbocycles. The van der Waals surface area contributed by atoms with Gasteiger partial charge in [0, 0.05) is 0 Å². The Morgan fingerprint density at radius 2 is 2.20 bits per heavy atom. The van der Waals surface area contributed by atoms with Crippen LogP contribution in [0.1, 0.15) is 19.8 Å². The van der Waals surface area contributed by atoms with E-state index in [4.69, 9.17) is 5.11 Å². The van der Waals surface area contributed by atoms with Gasteiger partial charge in [-0.15, -0.1) is 0 Å². The van der Waals surface area contributed by atoms with Gasteiger partial charge in [0.2, 0.25) is 0 Å². The SMILES string of the molecule is CC/C=C\CC(O)/C=C/I. The second-order valence-electron chi connectivity index (χ2n) is 2.00. The largest absolute Gasteiger partial charge is 0.389 e. The van der Waals surface area contributed by atoms with Gasteiger partial charge in [-0.05, 0) is 23.0 Å². The third-order valence-corrected chi connectivity index (χ3v) is 1.49. The Labute approximate surface area is 76.0 Å². The lowest BCUT2D eigenvalue weighted by Crippen LogP contribution is -1.98. The summed E-state index contributed by atoms with van der Waals surface area (Å²) in [6.45, 7) is 2.08. The quantitative estimate of drug-likeness (QED) is 0.602. The monoisotopic (exact) mass is 252 g/mol. The second-order valence-corrected chi connectivity index (χ2v) is 2.72. The predicted octanol–water partition coefficient (Wildman–Crippen LogP) is 2.65. The predicted molar refractivity (Wildman–Crippen MR) is 53.2 cm³/mol. The fourth-order valence-electron chi connectivity index (χ4n) is 0.565. The summed E-state index contributed by atoms with van der Waals surface area (Å²) in [4.78, 5) is 0. The Hall–Kier alpha value is 0.170. The average molecular weight is 252 g/mol. The van der Waals surface area contributed by atoms with Crippen molar-refractivity contribution in [3.8, 4) is 0 Å². The molecule has 2 heteroatoms. The van der Waals surface area contributed by atoms with Crippen LogP contribution in [0.15, 0.2) is 22.3 Å². The normalized spacial score (nSPS) is 15.1. The molecule has 0 saturated heterocycles. The standard InChI is InChI=1S/C8H13IO/c1-2-3-4-5-8(10)6-7-9/h3-4,6-8,10H,2,5H2,1H3/b4-3-,7-6+. The summed E-state index contributed by atoms with van der Waals surface area (Å²) in [6, 6.07) is 0. The molecule has 58 valence electrons. The number of aliphatic hydroxyl groups is 1. The van der Waals surface area contributed by atoms with Gasteiger partial charge in [-0.1, -0.05) is 41.7 Å². The first kappa shape index (κ1) is 10.2. The molecule has 1 N–H and O–H groups in total. The second kappa shape index (κ2) is 7.28. The van der Waals surface area contributed by atoms with E-state index >= 15 is 0 Å². The summed E-state index contributed by atoms with van der Waals surface area (Å²) in [7, 11) is 0. The zero-order chi connectivity index (χ0) is 7.82. The van der Waals surface area contributed by atoms with Gasteiger partial charge in [0.25, 0.3) is 0 Å². The first-order valence-corrected chi connectivity index (χ1v) is 4.65. The number of hydrogen-bond donors (Lipinski definition) is 1. The van der Waals surface area contributed by atoms with Gasteiger partial charge in [-0.3, -0.25) is 0 Å². The summed E-state index contributed by atoms with van der Waals surface area (Å²) in [6.07, 6.45) is 7.31. The third kappa shape index (κ3) is 6.29. The summed E-state index contributed by atoms with van der Waals surface area (Å²) in [5, 5.41) is 9.13. The van der Waals surface area contributed by atoms with Crippen molar-refractivity contribution in [1.82, 2.24) is 0 Å². The Bertz CT molecular complexity index is 118. The van der Waals surface area contributed by atoms with Crippen molar-refractivity contribution >= 4 is 22.6 Å². The zero-order valence-electron chi connectivity index (χ0n) is 6.13. The highest BCUT2D eigenvalue weighted by Crippen LogP contribution is 1.97. The van der Waals surface area contributed by atoms with Crippen LogP contribution < -0.4 is 0 Å². The number of hydrogen-bond acceptors (Lipinski definition) is 1. The lowest BCUT2D eigenvalue weighted by atomic mass is 10.2. The van der Waals surface area contributed by atoms with E-state index in [0.29, 0.717) is 0 Å². The topological polar surface area (TPSA) is 20.2 Å². The Kier molecular flexibility index (Phi) is 7.40. The van der Waals surface area contributed by atoms with E-state index in [0.717, 1.165) is 12.8 Å². The van der Waals surface area contributed by atoms with Crippen molar-refractivity contribution in [1.29, 1.82) is 0 Å². The summed E-state index contributed by atoms with van der Waals surface area (Å²) in [5.41, 5.74) is 0. The molecular formula is C8H13IO. The molecule has 10 heavy (non-hydrogen) atoms. The van der Waals surface area contributed by atoms with Crippen LogP contribution in [0.25, 0.3) is 0 Å². The lowest BCUT2D eigenvalue weighted by molar-refractivity contribution is 0.227. The molecule has 0 aliphatic heterocycles. The van der Waals surface area contributed by atoms with E-state index in [-0.39, 0.29) is 6.10 Å². The molecule has 0 aromatic heterocycles. The molecule has 0 heterocycles. The minimum absolute atomic E-state index is 0.306. The van der Waals surface area contributed by atoms with Crippen LogP contribution >= 0.6 is 22.6 Å². The Morgan fingerprint density at radius 1 is 1.50 bits per heavy atom. The highest BCUT2D eigenvalue weighted by Gasteiger charge is 1.91. The maximum absolute atomic E-state index is 9.13. The van der Waals surface area contributed by atoms with Gasteiger partial charge in [-0.25, -0.2) is 0 Å². The Morgan fingerprint density at radius 3 is 2.70 bits per heavy atom. The molecule has 1 atom stereocenters. The highest BCUT2D eigenvalue weighted by molar-refractivity contribution is 14.1. The Balaban J connectivity index is 3.38. The maximum atomic E-state index is 9.13. The molecule has 0 radical (unpaired) electrons. The highest BCUT2D eigenvalue weighted by atomic mass is 127. The molecule has 1 nitrogen and oxygen atoms in total. The van der Waals surface area contributed by atoms with E-state index in [1.54, 1.807) is 6.08 Å². The van der Waals surface area contributed by atoms with Crippen LogP contribution in [0.3, 0.4) is 0 Å². The van der Waals surface area contributed by atoms with Crippen molar-refractivity contribution in [2.24, 2.45) is 0 Å². The van der Waals surface area contributed by atoms with Gasteiger partial charge in [0.1, 0.15) is 0 Å². The van der Waals surface area contributed by atoms with Crippen molar-refractivity contribution in [3.63, 3.8) is 0 Å². The smallest absolute Gasteiger partial charge is 0.0762 e. The molecule has 0 bridgehead atoms. The fourth-order valence-corrected chi connectivity index (χ4v) is 1.04. The molecule has 1 unspecified atom stereocenters. The maximum Gasteiger partial charge on any atom is 0.0762 e. The molecule has 0 aliphatic rings. The first-order valence-electron chi connectivity index (χ1n) is 3.41. The van der Waals surface area contributed by atoms with Crippen LogP contribution in [0.4, 0.5) is 0 Å². The summed E-state index contributed by atoms with van der Waals surface area (Å²) < 4.78 is 1.84. The van der Waals surface area contributed by atoms with E-state index < -0.39 is 0 Å². The molecule has 0 aromatic rings. The van der Waals surface area contributed by atoms with Gasteiger partial charge in [-0.2, -0.15) is 0 Å². The van der Waals surface area contributed by atoms with E-state index in [1.165, 1.54) is 0 Å². The van der Waals surface area contributed by atoms with Crippen LogP contribution in [0, 0.1) is 0 Å². The van der Waals surface area contributed by atoms with Crippen LogP contribution in [-0.4, -0.2) is 11.2 Å². The number of rotatable bonds is 4.